The lowest BCUT2D eigenvalue weighted by Crippen LogP contribution is -2.23. The third kappa shape index (κ3) is 1.93. The first kappa shape index (κ1) is 11.0. The zero-order chi connectivity index (χ0) is 11.8. The highest BCUT2D eigenvalue weighted by Gasteiger charge is 2.37. The Bertz CT molecular complexity index is 412. The van der Waals surface area contributed by atoms with Crippen LogP contribution in [0, 0.1) is 11.8 Å². The number of nitrogens with zero attached hydrogens (tertiary/aromatic N) is 3. The second kappa shape index (κ2) is 4.31. The predicted octanol–water partition coefficient (Wildman–Crippen LogP) is 1.65. The van der Waals surface area contributed by atoms with E-state index in [4.69, 9.17) is 17.4 Å². The average Bonchev–Trinajstić information content (AvgIpc) is 2.90. The predicted molar refractivity (Wildman–Crippen MR) is 67.9 cm³/mol. The molecule has 0 radical (unpaired) electrons. The maximum Gasteiger partial charge on any atom is 0.239 e. The molecule has 1 aromatic rings. The van der Waals surface area contributed by atoms with Gasteiger partial charge in [-0.15, -0.1) is 0 Å². The van der Waals surface area contributed by atoms with Crippen LogP contribution in [0.3, 0.4) is 0 Å². The fourth-order valence-corrected chi connectivity index (χ4v) is 3.27. The Hall–Kier alpha value is -1.07. The summed E-state index contributed by atoms with van der Waals surface area (Å²) in [7, 11) is 0. The van der Waals surface area contributed by atoms with Crippen LogP contribution in [-0.2, 0) is 0 Å². The van der Waals surface area contributed by atoms with Gasteiger partial charge in [0.2, 0.25) is 5.95 Å². The van der Waals surface area contributed by atoms with Gasteiger partial charge in [-0.2, -0.15) is 4.98 Å². The zero-order valence-corrected chi connectivity index (χ0v) is 10.3. The fourth-order valence-electron chi connectivity index (χ4n) is 3.06. The number of hydrogen-bond acceptors (Lipinski definition) is 5. The topological polar surface area (TPSA) is 67.1 Å². The Kier molecular flexibility index (Phi) is 2.80. The summed E-state index contributed by atoms with van der Waals surface area (Å²) in [5.74, 6) is 8.18. The van der Waals surface area contributed by atoms with E-state index in [-0.39, 0.29) is 0 Å². The molecule has 0 aromatic carbocycles. The lowest BCUT2D eigenvalue weighted by molar-refractivity contribution is 0.494. The molecule has 2 atom stereocenters. The molecule has 1 aliphatic carbocycles. The molecule has 6 heteroatoms. The molecule has 1 aromatic heterocycles. The number of anilines is 2. The van der Waals surface area contributed by atoms with Crippen LogP contribution in [0.2, 0.25) is 5.02 Å². The molecule has 0 spiro atoms. The van der Waals surface area contributed by atoms with Crippen molar-refractivity contribution in [1.82, 2.24) is 9.97 Å². The van der Waals surface area contributed by atoms with Crippen molar-refractivity contribution in [2.24, 2.45) is 17.7 Å². The molecular formula is C11H16ClN5. The highest BCUT2D eigenvalue weighted by molar-refractivity contribution is 6.32. The Morgan fingerprint density at radius 3 is 2.71 bits per heavy atom. The molecule has 2 heterocycles. The minimum Gasteiger partial charge on any atom is -0.355 e. The molecule has 5 nitrogen and oxygen atoms in total. The Balaban J connectivity index is 1.84. The van der Waals surface area contributed by atoms with E-state index in [1.807, 2.05) is 0 Å². The molecule has 3 rings (SSSR count). The maximum absolute atomic E-state index is 6.15. The number of nitrogens with two attached hydrogens (primary N) is 1. The molecule has 92 valence electrons. The van der Waals surface area contributed by atoms with Gasteiger partial charge in [0.1, 0.15) is 5.02 Å². The smallest absolute Gasteiger partial charge is 0.239 e. The van der Waals surface area contributed by atoms with E-state index >= 15 is 0 Å². The second-order valence-corrected chi connectivity index (χ2v) is 5.27. The van der Waals surface area contributed by atoms with E-state index in [1.165, 1.54) is 19.3 Å². The number of hydrogen-bond donors (Lipinski definition) is 2. The van der Waals surface area contributed by atoms with Gasteiger partial charge in [0.25, 0.3) is 0 Å². The molecule has 3 N–H and O–H groups in total. The first-order valence-corrected chi connectivity index (χ1v) is 6.40. The van der Waals surface area contributed by atoms with Crippen molar-refractivity contribution in [3.05, 3.63) is 11.2 Å². The SMILES string of the molecule is NNc1ncc(Cl)c(N2CC3CCCC3C2)n1. The molecule has 1 saturated heterocycles. The van der Waals surface area contributed by atoms with Crippen LogP contribution in [0.15, 0.2) is 6.20 Å². The molecule has 2 fully saturated rings. The minimum atomic E-state index is 0.418. The molecule has 1 saturated carbocycles. The summed E-state index contributed by atoms with van der Waals surface area (Å²) in [4.78, 5) is 10.6. The Morgan fingerprint density at radius 1 is 1.35 bits per heavy atom. The summed E-state index contributed by atoms with van der Waals surface area (Å²) in [6.07, 6.45) is 5.65. The van der Waals surface area contributed by atoms with E-state index < -0.39 is 0 Å². The van der Waals surface area contributed by atoms with Crippen molar-refractivity contribution in [1.29, 1.82) is 0 Å². The average molecular weight is 254 g/mol. The van der Waals surface area contributed by atoms with E-state index in [0.29, 0.717) is 11.0 Å². The summed E-state index contributed by atoms with van der Waals surface area (Å²) >= 11 is 6.15. The number of halogens is 1. The van der Waals surface area contributed by atoms with Crippen LogP contribution >= 0.6 is 11.6 Å². The van der Waals surface area contributed by atoms with E-state index in [2.05, 4.69) is 20.3 Å². The first-order chi connectivity index (χ1) is 8.28. The minimum absolute atomic E-state index is 0.418. The van der Waals surface area contributed by atoms with Crippen LogP contribution in [0.5, 0.6) is 0 Å². The molecule has 17 heavy (non-hydrogen) atoms. The van der Waals surface area contributed by atoms with Gasteiger partial charge in [-0.05, 0) is 24.7 Å². The molecule has 2 aliphatic rings. The van der Waals surface area contributed by atoms with Crippen molar-refractivity contribution in [3.63, 3.8) is 0 Å². The van der Waals surface area contributed by atoms with Gasteiger partial charge in [0.15, 0.2) is 5.82 Å². The second-order valence-electron chi connectivity index (χ2n) is 4.87. The van der Waals surface area contributed by atoms with Gasteiger partial charge in [-0.1, -0.05) is 18.0 Å². The third-order valence-corrected chi connectivity index (χ3v) is 4.15. The molecule has 0 bridgehead atoms. The standard InChI is InChI=1S/C11H16ClN5/c12-9-4-14-11(16-13)15-10(9)17-5-7-2-1-3-8(7)6-17/h4,7-8H,1-3,5-6,13H2,(H,14,15,16). The molecular weight excluding hydrogens is 238 g/mol. The Labute approximate surface area is 105 Å². The van der Waals surface area contributed by atoms with Gasteiger partial charge in [-0.25, -0.2) is 10.8 Å². The van der Waals surface area contributed by atoms with E-state index in [1.54, 1.807) is 6.20 Å². The van der Waals surface area contributed by atoms with Crippen LogP contribution in [0.4, 0.5) is 11.8 Å². The summed E-state index contributed by atoms with van der Waals surface area (Å²) < 4.78 is 0. The van der Waals surface area contributed by atoms with Crippen molar-refractivity contribution in [2.45, 2.75) is 19.3 Å². The summed E-state index contributed by atoms with van der Waals surface area (Å²) in [6, 6.07) is 0. The number of fused-ring (bicyclic) bond motifs is 1. The number of nitrogens with one attached hydrogen (secondary N) is 1. The van der Waals surface area contributed by atoms with E-state index in [0.717, 1.165) is 30.7 Å². The monoisotopic (exact) mass is 253 g/mol. The summed E-state index contributed by atoms with van der Waals surface area (Å²) in [5.41, 5.74) is 2.46. The number of nitrogen functional groups attached to an aromatic ring is 1. The molecule has 0 amide bonds. The highest BCUT2D eigenvalue weighted by Crippen LogP contribution is 2.40. The normalized spacial score (nSPS) is 27.3. The number of rotatable bonds is 2. The fraction of sp³-hybridized carbons (Fsp3) is 0.636. The quantitative estimate of drug-likeness (QED) is 0.620. The van der Waals surface area contributed by atoms with E-state index in [9.17, 15) is 0 Å². The number of hydrazine groups is 1. The van der Waals surface area contributed by atoms with Crippen molar-refractivity contribution in [2.75, 3.05) is 23.4 Å². The summed E-state index contributed by atoms with van der Waals surface area (Å²) in [5, 5.41) is 0.601. The van der Waals surface area contributed by atoms with Gasteiger partial charge in [-0.3, -0.25) is 5.43 Å². The lowest BCUT2D eigenvalue weighted by Gasteiger charge is -2.19. The lowest BCUT2D eigenvalue weighted by atomic mass is 10.0. The van der Waals surface area contributed by atoms with Crippen LogP contribution < -0.4 is 16.2 Å². The Morgan fingerprint density at radius 2 is 2.06 bits per heavy atom. The summed E-state index contributed by atoms with van der Waals surface area (Å²) in [6.45, 7) is 2.12. The molecule has 1 aliphatic heterocycles. The van der Waals surface area contributed by atoms with Gasteiger partial charge >= 0.3 is 0 Å². The largest absolute Gasteiger partial charge is 0.355 e. The van der Waals surface area contributed by atoms with Gasteiger partial charge in [0.05, 0.1) is 6.20 Å². The van der Waals surface area contributed by atoms with Gasteiger partial charge in [0, 0.05) is 13.1 Å². The molecule has 2 unspecified atom stereocenters. The zero-order valence-electron chi connectivity index (χ0n) is 9.56. The van der Waals surface area contributed by atoms with Crippen molar-refractivity contribution >= 4 is 23.4 Å². The van der Waals surface area contributed by atoms with Crippen LogP contribution in [-0.4, -0.2) is 23.1 Å². The first-order valence-electron chi connectivity index (χ1n) is 6.02. The van der Waals surface area contributed by atoms with Gasteiger partial charge < -0.3 is 4.90 Å². The third-order valence-electron chi connectivity index (χ3n) is 3.88. The van der Waals surface area contributed by atoms with Crippen LogP contribution in [0.1, 0.15) is 19.3 Å². The number of aromatic nitrogens is 2. The highest BCUT2D eigenvalue weighted by atomic mass is 35.5. The van der Waals surface area contributed by atoms with Crippen molar-refractivity contribution in [3.8, 4) is 0 Å². The van der Waals surface area contributed by atoms with Crippen LogP contribution in [0.25, 0.3) is 0 Å². The van der Waals surface area contributed by atoms with Crippen molar-refractivity contribution < 1.29 is 0 Å². The maximum atomic E-state index is 6.15.